The molecule has 0 nitrogen and oxygen atoms in total. The van der Waals surface area contributed by atoms with Gasteiger partial charge in [0.15, 0.2) is 0 Å². The number of hydrogen-bond donors (Lipinski definition) is 0. The van der Waals surface area contributed by atoms with Gasteiger partial charge in [-0.3, -0.25) is 0 Å². The monoisotopic (exact) mass is 774 g/mol. The second-order valence-corrected chi connectivity index (χ2v) is 20.8. The molecule has 2 atom stereocenters. The van der Waals surface area contributed by atoms with Crippen LogP contribution in [0.5, 0.6) is 0 Å². The van der Waals surface area contributed by atoms with Crippen molar-refractivity contribution in [1.82, 2.24) is 0 Å². The largest absolute Gasteiger partial charge is 2.00 e. The molecule has 9 rings (SSSR count). The number of halogens is 2. The molecule has 0 radical (unpaired) electrons. The van der Waals surface area contributed by atoms with Gasteiger partial charge in [0.25, 0.3) is 0 Å². The second-order valence-electron chi connectivity index (χ2n) is 20.8. The minimum Gasteiger partial charge on any atom is -1.00 e. The number of rotatable bonds is 3. The molecule has 0 aliphatic heterocycles. The molecular formula is C46H62Cl2Zr. The van der Waals surface area contributed by atoms with Crippen molar-refractivity contribution in [2.45, 2.75) is 144 Å². The van der Waals surface area contributed by atoms with E-state index in [9.17, 15) is 0 Å². The van der Waals surface area contributed by atoms with Gasteiger partial charge in [0.1, 0.15) is 0 Å². The summed E-state index contributed by atoms with van der Waals surface area (Å²) in [5.74, 6) is 4.57. The van der Waals surface area contributed by atoms with E-state index < -0.39 is 0 Å². The molecule has 0 saturated heterocycles. The van der Waals surface area contributed by atoms with Gasteiger partial charge in [-0.05, 0) is 142 Å². The molecule has 4 saturated carbocycles. The van der Waals surface area contributed by atoms with Gasteiger partial charge in [0.2, 0.25) is 0 Å². The van der Waals surface area contributed by atoms with Crippen LogP contribution >= 0.6 is 0 Å². The maximum atomic E-state index is 2.91. The predicted molar refractivity (Wildman–Crippen MR) is 196 cm³/mol. The van der Waals surface area contributed by atoms with Crippen LogP contribution in [0.3, 0.4) is 0 Å². The molecule has 49 heavy (non-hydrogen) atoms. The van der Waals surface area contributed by atoms with Crippen molar-refractivity contribution in [3.63, 3.8) is 0 Å². The Kier molecular flexibility index (Phi) is 10.3. The van der Waals surface area contributed by atoms with Crippen LogP contribution in [0.2, 0.25) is 0 Å². The fourth-order valence-electron chi connectivity index (χ4n) is 12.5. The van der Waals surface area contributed by atoms with Gasteiger partial charge in [-0.25, -0.2) is 0 Å². The molecule has 0 heterocycles. The number of allylic oxidation sites excluding steroid dienone is 4. The van der Waals surface area contributed by atoms with E-state index in [1.54, 1.807) is 16.7 Å². The van der Waals surface area contributed by atoms with Crippen molar-refractivity contribution in [2.24, 2.45) is 45.8 Å². The maximum Gasteiger partial charge on any atom is 2.00 e. The summed E-state index contributed by atoms with van der Waals surface area (Å²) in [7, 11) is 0. The summed E-state index contributed by atoms with van der Waals surface area (Å²) in [6.07, 6.45) is 14.5. The van der Waals surface area contributed by atoms with Crippen LogP contribution < -0.4 is 24.8 Å². The summed E-state index contributed by atoms with van der Waals surface area (Å²) in [6, 6.07) is 15.2. The SMILES string of the molecule is CC(C)C1(C2c3cc(C(C)(C)C)ccc3-c3ccc(C(C)(C)C)cc32)CC(C(C)(C)C)C2=C1C=C(C13CC4CC(CC(C4)C1)C3)C2.[Cl-].[Cl-].[Zr+2]. The van der Waals surface area contributed by atoms with Crippen LogP contribution in [-0.2, 0) is 37.0 Å². The van der Waals surface area contributed by atoms with Crippen molar-refractivity contribution < 1.29 is 51.0 Å². The molecule has 4 bridgehead atoms. The third-order valence-corrected chi connectivity index (χ3v) is 14.6. The molecule has 0 N–H and O–H groups in total. The Morgan fingerprint density at radius 3 is 1.49 bits per heavy atom. The first-order chi connectivity index (χ1) is 21.4. The average Bonchev–Trinajstić information content (AvgIpc) is 3.60. The van der Waals surface area contributed by atoms with Gasteiger partial charge in [-0.15, -0.1) is 0 Å². The summed E-state index contributed by atoms with van der Waals surface area (Å²) < 4.78 is 0. The van der Waals surface area contributed by atoms with Gasteiger partial charge in [0.05, 0.1) is 0 Å². The summed E-state index contributed by atoms with van der Waals surface area (Å²) in [6.45, 7) is 27.2. The van der Waals surface area contributed by atoms with Crippen LogP contribution in [0, 0.1) is 45.8 Å². The molecule has 0 aromatic heterocycles. The Morgan fingerprint density at radius 2 is 1.10 bits per heavy atom. The van der Waals surface area contributed by atoms with Gasteiger partial charge in [0, 0.05) is 11.3 Å². The first-order valence-electron chi connectivity index (χ1n) is 19.1. The summed E-state index contributed by atoms with van der Waals surface area (Å²) >= 11 is 0. The molecule has 2 aromatic carbocycles. The van der Waals surface area contributed by atoms with E-state index >= 15 is 0 Å². The van der Waals surface area contributed by atoms with Crippen molar-refractivity contribution in [3.8, 4) is 11.1 Å². The zero-order valence-corrected chi connectivity index (χ0v) is 36.4. The third kappa shape index (κ3) is 6.01. The van der Waals surface area contributed by atoms with Crippen LogP contribution in [0.15, 0.2) is 59.2 Å². The molecule has 0 amide bonds. The van der Waals surface area contributed by atoms with E-state index in [2.05, 4.69) is 119 Å². The zero-order chi connectivity index (χ0) is 32.8. The Bertz CT molecular complexity index is 1570. The van der Waals surface area contributed by atoms with Crippen molar-refractivity contribution in [3.05, 3.63) is 81.4 Å². The molecule has 264 valence electrons. The van der Waals surface area contributed by atoms with Gasteiger partial charge >= 0.3 is 26.2 Å². The second kappa shape index (κ2) is 12.8. The molecule has 2 unspecified atom stereocenters. The van der Waals surface area contributed by atoms with E-state index in [0.29, 0.717) is 23.2 Å². The van der Waals surface area contributed by atoms with Crippen LogP contribution in [0.4, 0.5) is 0 Å². The summed E-state index contributed by atoms with van der Waals surface area (Å²) in [5, 5.41) is 0. The molecule has 0 spiro atoms. The Labute approximate surface area is 331 Å². The normalized spacial score (nSPS) is 31.6. The maximum absolute atomic E-state index is 2.91. The average molecular weight is 777 g/mol. The standard InChI is InChI=1S/C46H62.2ClH.Zr/c1-27(2)46(41-36-19-31(42(3,4)5)12-14-34(36)35-15-13-32(20-37(35)41)43(6,7)8)26-40(44(9,10)11)38-21-33(22-39(38)46)45-23-28-16-29(24-45)18-30(17-28)25-45;;;/h12-15,19-20,22,27-30,40-41H,16-18,21,23-26H2,1-11H3;2*1H;/q;;;+2/p-2. The Hall–Kier alpha value is -0.617. The quantitative estimate of drug-likeness (QED) is 0.317. The minimum atomic E-state index is 0. The predicted octanol–water partition coefficient (Wildman–Crippen LogP) is 6.95. The Morgan fingerprint density at radius 1 is 0.653 bits per heavy atom. The van der Waals surface area contributed by atoms with Crippen molar-refractivity contribution in [2.75, 3.05) is 0 Å². The molecule has 4 fully saturated rings. The molecular weight excluding hydrogens is 715 g/mol. The topological polar surface area (TPSA) is 0 Å². The van der Waals surface area contributed by atoms with Crippen molar-refractivity contribution >= 4 is 0 Å². The molecule has 3 heteroatoms. The number of benzene rings is 2. The van der Waals surface area contributed by atoms with E-state index in [1.807, 2.05) is 11.1 Å². The van der Waals surface area contributed by atoms with E-state index in [4.69, 9.17) is 0 Å². The fourth-order valence-corrected chi connectivity index (χ4v) is 12.5. The first kappa shape index (κ1) is 39.6. The smallest absolute Gasteiger partial charge is 1.00 e. The van der Waals surface area contributed by atoms with Crippen molar-refractivity contribution in [1.29, 1.82) is 0 Å². The number of hydrogen-bond acceptors (Lipinski definition) is 0. The number of fused-ring (bicyclic) bond motifs is 3. The first-order valence-corrected chi connectivity index (χ1v) is 19.1. The molecule has 7 aliphatic carbocycles. The van der Waals surface area contributed by atoms with E-state index in [-0.39, 0.29) is 72.7 Å². The van der Waals surface area contributed by atoms with Crippen LogP contribution in [-0.4, -0.2) is 0 Å². The van der Waals surface area contributed by atoms with Gasteiger partial charge < -0.3 is 24.8 Å². The third-order valence-electron chi connectivity index (χ3n) is 14.6. The van der Waals surface area contributed by atoms with Gasteiger partial charge in [-0.1, -0.05) is 130 Å². The van der Waals surface area contributed by atoms with Crippen LogP contribution in [0.1, 0.15) is 156 Å². The zero-order valence-electron chi connectivity index (χ0n) is 32.4. The Balaban J connectivity index is 0.00000156. The fraction of sp³-hybridized carbons (Fsp3) is 0.652. The summed E-state index contributed by atoms with van der Waals surface area (Å²) in [5.41, 5.74) is 15.8. The van der Waals surface area contributed by atoms with Crippen LogP contribution in [0.25, 0.3) is 11.1 Å². The van der Waals surface area contributed by atoms with E-state index in [0.717, 1.165) is 17.8 Å². The minimum absolute atomic E-state index is 0. The van der Waals surface area contributed by atoms with E-state index in [1.165, 1.54) is 73.6 Å². The molecule has 2 aromatic rings. The van der Waals surface area contributed by atoms with Gasteiger partial charge in [-0.2, -0.15) is 0 Å². The molecule has 7 aliphatic rings. The summed E-state index contributed by atoms with van der Waals surface area (Å²) in [4.78, 5) is 0.